The lowest BCUT2D eigenvalue weighted by atomic mass is 10.3. The number of Topliss-reactive ketones (excluding diaryl/α,β-unsaturated/α-hetero) is 1. The van der Waals surface area contributed by atoms with Crippen LogP contribution >= 0.6 is 23.1 Å². The highest BCUT2D eigenvalue weighted by molar-refractivity contribution is 8.01. The molecule has 0 N–H and O–H groups in total. The minimum absolute atomic E-state index is 0.252. The van der Waals surface area contributed by atoms with Gasteiger partial charge in [-0.15, -0.1) is 23.1 Å². The average Bonchev–Trinajstić information content (AvgIpc) is 2.82. The maximum atomic E-state index is 12.0. The number of carbonyl (C=O) groups is 1. The Kier molecular flexibility index (Phi) is 6.85. The molecule has 1 aromatic heterocycles. The van der Waals surface area contributed by atoms with Gasteiger partial charge in [-0.05, 0) is 37.4 Å². The maximum Gasteiger partial charge on any atom is 0.186 e. The summed E-state index contributed by atoms with van der Waals surface area (Å²) in [6.45, 7) is 8.77. The van der Waals surface area contributed by atoms with Crippen molar-refractivity contribution in [3.05, 3.63) is 17.0 Å². The maximum absolute atomic E-state index is 12.0. The zero-order chi connectivity index (χ0) is 12.7. The van der Waals surface area contributed by atoms with Gasteiger partial charge < -0.3 is 0 Å². The topological polar surface area (TPSA) is 20.3 Å². The van der Waals surface area contributed by atoms with E-state index in [4.69, 9.17) is 0 Å². The number of thiophene rings is 1. The molecule has 1 rings (SSSR count). The average molecular weight is 271 g/mol. The van der Waals surface area contributed by atoms with Crippen molar-refractivity contribution < 1.29 is 4.79 Å². The second-order valence-electron chi connectivity index (χ2n) is 3.85. The molecule has 0 saturated carbocycles. The summed E-state index contributed by atoms with van der Waals surface area (Å²) in [6.07, 6.45) is 1.17. The smallest absolute Gasteiger partial charge is 0.186 e. The normalized spacial score (nSPS) is 11.1. The van der Waals surface area contributed by atoms with E-state index in [9.17, 15) is 4.79 Å². The molecule has 4 heteroatoms. The van der Waals surface area contributed by atoms with Gasteiger partial charge in [-0.25, -0.2) is 0 Å². The van der Waals surface area contributed by atoms with Crippen molar-refractivity contribution in [1.29, 1.82) is 0 Å². The fourth-order valence-corrected chi connectivity index (χ4v) is 3.47. The molecule has 0 atom stereocenters. The number of thioether (sulfide) groups is 1. The van der Waals surface area contributed by atoms with E-state index in [-0.39, 0.29) is 5.78 Å². The van der Waals surface area contributed by atoms with E-state index in [2.05, 4.69) is 31.7 Å². The number of carbonyl (C=O) groups excluding carboxylic acids is 1. The Labute approximate surface area is 112 Å². The van der Waals surface area contributed by atoms with Crippen LogP contribution in [-0.2, 0) is 0 Å². The third-order valence-electron chi connectivity index (χ3n) is 2.57. The van der Waals surface area contributed by atoms with E-state index in [0.29, 0.717) is 6.54 Å². The molecule has 1 heterocycles. The quantitative estimate of drug-likeness (QED) is 0.530. The van der Waals surface area contributed by atoms with Crippen LogP contribution in [0.1, 0.15) is 36.9 Å². The molecule has 0 unspecified atom stereocenters. The second-order valence-corrected chi connectivity index (χ2v) is 6.33. The second kappa shape index (κ2) is 7.90. The number of likely N-dealkylation sites (N-methyl/N-ethyl adjacent to an activating group) is 1. The summed E-state index contributed by atoms with van der Waals surface area (Å²) >= 11 is 3.47. The van der Waals surface area contributed by atoms with Gasteiger partial charge in [0, 0.05) is 0 Å². The first kappa shape index (κ1) is 14.7. The van der Waals surface area contributed by atoms with E-state index < -0.39 is 0 Å². The lowest BCUT2D eigenvalue weighted by molar-refractivity contribution is 0.0941. The number of ketones is 1. The SMILES string of the molecule is CCCSc1ccc(C(=O)CN(CC)CC)s1. The molecule has 0 fully saturated rings. The number of hydrogen-bond acceptors (Lipinski definition) is 4. The highest BCUT2D eigenvalue weighted by atomic mass is 32.2. The van der Waals surface area contributed by atoms with Gasteiger partial charge in [-0.3, -0.25) is 9.69 Å². The minimum Gasteiger partial charge on any atom is -0.296 e. The summed E-state index contributed by atoms with van der Waals surface area (Å²) in [5.74, 6) is 1.38. The predicted molar refractivity (Wildman–Crippen MR) is 77.5 cm³/mol. The molecule has 1 aromatic rings. The Morgan fingerprint density at radius 3 is 2.59 bits per heavy atom. The summed E-state index contributed by atoms with van der Waals surface area (Å²) < 4.78 is 1.26. The highest BCUT2D eigenvalue weighted by Crippen LogP contribution is 2.28. The van der Waals surface area contributed by atoms with Gasteiger partial charge in [0.1, 0.15) is 0 Å². The van der Waals surface area contributed by atoms with Gasteiger partial charge in [0.05, 0.1) is 15.6 Å². The molecule has 0 aliphatic heterocycles. The fourth-order valence-electron chi connectivity index (χ4n) is 1.48. The van der Waals surface area contributed by atoms with E-state index in [1.54, 1.807) is 11.3 Å². The van der Waals surface area contributed by atoms with Crippen molar-refractivity contribution in [3.63, 3.8) is 0 Å². The third kappa shape index (κ3) is 4.82. The molecule has 0 amide bonds. The van der Waals surface area contributed by atoms with Crippen molar-refractivity contribution in [2.75, 3.05) is 25.4 Å². The molecule has 17 heavy (non-hydrogen) atoms. The van der Waals surface area contributed by atoms with Gasteiger partial charge in [0.25, 0.3) is 0 Å². The van der Waals surface area contributed by atoms with Gasteiger partial charge in [0.15, 0.2) is 5.78 Å². The molecule has 0 spiro atoms. The van der Waals surface area contributed by atoms with Crippen LogP contribution in [-0.4, -0.2) is 36.1 Å². The standard InChI is InChI=1S/C13H21NOS2/c1-4-9-16-13-8-7-12(17-13)11(15)10-14(5-2)6-3/h7-8H,4-6,9-10H2,1-3H3. The predicted octanol–water partition coefficient (Wildman–Crippen LogP) is 3.77. The zero-order valence-electron chi connectivity index (χ0n) is 10.9. The van der Waals surface area contributed by atoms with Crippen LogP contribution in [0.25, 0.3) is 0 Å². The molecular formula is C13H21NOS2. The molecule has 2 nitrogen and oxygen atoms in total. The van der Waals surface area contributed by atoms with Crippen LogP contribution in [0.3, 0.4) is 0 Å². The van der Waals surface area contributed by atoms with Crippen LogP contribution in [0, 0.1) is 0 Å². The Morgan fingerprint density at radius 2 is 2.00 bits per heavy atom. The van der Waals surface area contributed by atoms with Crippen molar-refractivity contribution in [1.82, 2.24) is 4.90 Å². The van der Waals surface area contributed by atoms with Crippen LogP contribution in [0.15, 0.2) is 16.3 Å². The first-order valence-corrected chi connectivity index (χ1v) is 7.99. The van der Waals surface area contributed by atoms with Gasteiger partial charge in [0.2, 0.25) is 0 Å². The van der Waals surface area contributed by atoms with Crippen molar-refractivity contribution in [3.8, 4) is 0 Å². The number of rotatable bonds is 8. The monoisotopic (exact) mass is 271 g/mol. The van der Waals surface area contributed by atoms with E-state index in [1.807, 2.05) is 17.8 Å². The van der Waals surface area contributed by atoms with Crippen molar-refractivity contribution in [2.45, 2.75) is 31.4 Å². The van der Waals surface area contributed by atoms with Crippen molar-refractivity contribution in [2.24, 2.45) is 0 Å². The Hall–Kier alpha value is -0.320. The fraction of sp³-hybridized carbons (Fsp3) is 0.615. The summed E-state index contributed by atoms with van der Waals surface area (Å²) in [6, 6.07) is 4.04. The summed E-state index contributed by atoms with van der Waals surface area (Å²) in [4.78, 5) is 15.1. The van der Waals surface area contributed by atoms with Gasteiger partial charge in [-0.1, -0.05) is 20.8 Å². The molecule has 0 aliphatic carbocycles. The lowest BCUT2D eigenvalue weighted by Crippen LogP contribution is -2.29. The Morgan fingerprint density at radius 1 is 1.29 bits per heavy atom. The number of nitrogens with zero attached hydrogens (tertiary/aromatic N) is 1. The van der Waals surface area contributed by atoms with Gasteiger partial charge in [-0.2, -0.15) is 0 Å². The minimum atomic E-state index is 0.252. The molecule has 0 radical (unpaired) electrons. The third-order valence-corrected chi connectivity index (χ3v) is 5.12. The van der Waals surface area contributed by atoms with Crippen LogP contribution < -0.4 is 0 Å². The molecule has 0 saturated heterocycles. The highest BCUT2D eigenvalue weighted by Gasteiger charge is 2.12. The summed E-state index contributed by atoms with van der Waals surface area (Å²) in [5.41, 5.74) is 0. The van der Waals surface area contributed by atoms with Crippen LogP contribution in [0.2, 0.25) is 0 Å². The largest absolute Gasteiger partial charge is 0.296 e. The summed E-state index contributed by atoms with van der Waals surface area (Å²) in [7, 11) is 0. The van der Waals surface area contributed by atoms with Crippen molar-refractivity contribution >= 4 is 28.9 Å². The first-order chi connectivity index (χ1) is 8.21. The first-order valence-electron chi connectivity index (χ1n) is 6.19. The van der Waals surface area contributed by atoms with Crippen LogP contribution in [0.5, 0.6) is 0 Å². The number of hydrogen-bond donors (Lipinski definition) is 0. The summed E-state index contributed by atoms with van der Waals surface area (Å²) in [5, 5.41) is 0. The zero-order valence-corrected chi connectivity index (χ0v) is 12.5. The molecule has 0 bridgehead atoms. The van der Waals surface area contributed by atoms with Crippen LogP contribution in [0.4, 0.5) is 0 Å². The molecule has 0 aromatic carbocycles. The van der Waals surface area contributed by atoms with E-state index in [1.165, 1.54) is 10.6 Å². The molecule has 96 valence electrons. The Balaban J connectivity index is 2.54. The Bertz CT molecular complexity index is 345. The van der Waals surface area contributed by atoms with E-state index in [0.717, 1.165) is 23.7 Å². The van der Waals surface area contributed by atoms with E-state index >= 15 is 0 Å². The lowest BCUT2D eigenvalue weighted by Gasteiger charge is -2.15. The van der Waals surface area contributed by atoms with Gasteiger partial charge >= 0.3 is 0 Å². The molecular weight excluding hydrogens is 250 g/mol. The molecule has 0 aliphatic rings.